The minimum Gasteiger partial charge on any atom is -0.480 e. The van der Waals surface area contributed by atoms with Crippen LogP contribution < -0.4 is 5.32 Å². The molecule has 0 aromatic carbocycles. The zero-order chi connectivity index (χ0) is 13.1. The minimum absolute atomic E-state index is 0.0472. The summed E-state index contributed by atoms with van der Waals surface area (Å²) in [6, 6.07) is 0.411. The van der Waals surface area contributed by atoms with E-state index in [9.17, 15) is 9.59 Å². The Kier molecular flexibility index (Phi) is 3.61. The summed E-state index contributed by atoms with van der Waals surface area (Å²) in [5.41, 5.74) is 0.0705. The van der Waals surface area contributed by atoms with Crippen molar-refractivity contribution in [3.05, 3.63) is 17.5 Å². The van der Waals surface area contributed by atoms with Gasteiger partial charge in [-0.05, 0) is 12.8 Å². The molecule has 1 saturated carbocycles. The third kappa shape index (κ3) is 2.86. The first kappa shape index (κ1) is 12.6. The van der Waals surface area contributed by atoms with Gasteiger partial charge in [-0.3, -0.25) is 4.79 Å². The van der Waals surface area contributed by atoms with Crippen LogP contribution in [-0.2, 0) is 4.79 Å². The first-order valence-electron chi connectivity index (χ1n) is 5.73. The zero-order valence-corrected chi connectivity index (χ0v) is 9.63. The lowest BCUT2D eigenvalue weighted by Gasteiger charge is -2.11. The lowest BCUT2D eigenvalue weighted by molar-refractivity contribution is -0.139. The van der Waals surface area contributed by atoms with Gasteiger partial charge in [0.1, 0.15) is 11.8 Å². The van der Waals surface area contributed by atoms with E-state index in [1.54, 1.807) is 0 Å². The highest BCUT2D eigenvalue weighted by atomic mass is 16.5. The van der Waals surface area contributed by atoms with E-state index in [4.69, 9.17) is 14.7 Å². The van der Waals surface area contributed by atoms with Crippen molar-refractivity contribution >= 4 is 11.9 Å². The Bertz CT molecular complexity index is 452. The van der Waals surface area contributed by atoms with Crippen molar-refractivity contribution in [2.24, 2.45) is 0 Å². The Morgan fingerprint density at radius 1 is 1.56 bits per heavy atom. The smallest absolute Gasteiger partial charge is 0.326 e. The fourth-order valence-corrected chi connectivity index (χ4v) is 1.58. The summed E-state index contributed by atoms with van der Waals surface area (Å²) >= 11 is 0. The maximum Gasteiger partial charge on any atom is 0.326 e. The lowest BCUT2D eigenvalue weighted by atomic mass is 10.2. The van der Waals surface area contributed by atoms with Crippen LogP contribution in [0.1, 0.15) is 41.4 Å². The largest absolute Gasteiger partial charge is 0.480 e. The van der Waals surface area contributed by atoms with Crippen molar-refractivity contribution < 1.29 is 24.3 Å². The van der Waals surface area contributed by atoms with Crippen LogP contribution >= 0.6 is 0 Å². The summed E-state index contributed by atoms with van der Waals surface area (Å²) in [5, 5.41) is 23.4. The molecule has 1 aromatic rings. The molecule has 18 heavy (non-hydrogen) atoms. The number of aliphatic hydroxyl groups is 1. The van der Waals surface area contributed by atoms with Crippen molar-refractivity contribution in [1.82, 2.24) is 10.5 Å². The van der Waals surface area contributed by atoms with Crippen LogP contribution in [0.4, 0.5) is 0 Å². The predicted octanol–water partition coefficient (Wildman–Crippen LogP) is 0.117. The summed E-state index contributed by atoms with van der Waals surface area (Å²) in [4.78, 5) is 22.5. The number of hydrogen-bond acceptors (Lipinski definition) is 5. The normalized spacial score (nSPS) is 16.3. The summed E-state index contributed by atoms with van der Waals surface area (Å²) in [5.74, 6) is -0.796. The second-order valence-electron chi connectivity index (χ2n) is 4.27. The number of aliphatic hydroxyl groups excluding tert-OH is 1. The van der Waals surface area contributed by atoms with Crippen molar-refractivity contribution in [1.29, 1.82) is 0 Å². The molecule has 1 aliphatic carbocycles. The molecule has 0 radical (unpaired) electrons. The molecule has 98 valence electrons. The van der Waals surface area contributed by atoms with Gasteiger partial charge in [-0.2, -0.15) is 0 Å². The number of carbonyl (C=O) groups excluding carboxylic acids is 1. The summed E-state index contributed by atoms with van der Waals surface area (Å²) in [6.07, 6.45) is 2.01. The Morgan fingerprint density at radius 2 is 2.28 bits per heavy atom. The quantitative estimate of drug-likeness (QED) is 0.664. The van der Waals surface area contributed by atoms with E-state index >= 15 is 0 Å². The maximum absolute atomic E-state index is 11.7. The van der Waals surface area contributed by atoms with Crippen LogP contribution in [0.2, 0.25) is 0 Å². The number of rotatable bonds is 6. The molecular weight excluding hydrogens is 240 g/mol. The number of carboxylic acids is 1. The topological polar surface area (TPSA) is 113 Å². The van der Waals surface area contributed by atoms with E-state index in [-0.39, 0.29) is 18.7 Å². The average molecular weight is 254 g/mol. The molecule has 1 fully saturated rings. The lowest BCUT2D eigenvalue weighted by Crippen LogP contribution is -2.41. The SMILES string of the molecule is O=C(N[C@H](CCO)C(=O)O)c1cc(C2CC2)on1. The van der Waals surface area contributed by atoms with Crippen LogP contribution in [0.3, 0.4) is 0 Å². The number of carbonyl (C=O) groups is 2. The van der Waals surface area contributed by atoms with Crippen LogP contribution in [0.15, 0.2) is 10.6 Å². The standard InChI is InChI=1S/C11H14N2O5/c14-4-3-7(11(16)17)12-10(15)8-5-9(18-13-8)6-1-2-6/h5-7,14H,1-4H2,(H,12,15)(H,16,17)/t7-/m1/s1. The van der Waals surface area contributed by atoms with Gasteiger partial charge in [0.05, 0.1) is 0 Å². The van der Waals surface area contributed by atoms with Gasteiger partial charge < -0.3 is 20.1 Å². The Labute approximate surface area is 103 Å². The van der Waals surface area contributed by atoms with Crippen molar-refractivity contribution in [2.45, 2.75) is 31.2 Å². The number of carboxylic acid groups (broad SMARTS) is 1. The van der Waals surface area contributed by atoms with Crippen LogP contribution in [0.25, 0.3) is 0 Å². The highest BCUT2D eigenvalue weighted by Crippen LogP contribution is 2.40. The molecule has 0 spiro atoms. The van der Waals surface area contributed by atoms with Gasteiger partial charge in [0, 0.05) is 25.0 Å². The zero-order valence-electron chi connectivity index (χ0n) is 9.63. The van der Waals surface area contributed by atoms with Crippen molar-refractivity contribution in [2.75, 3.05) is 6.61 Å². The van der Waals surface area contributed by atoms with Gasteiger partial charge in [0.15, 0.2) is 5.69 Å². The maximum atomic E-state index is 11.7. The number of nitrogens with zero attached hydrogens (tertiary/aromatic N) is 1. The molecule has 7 heteroatoms. The van der Waals surface area contributed by atoms with E-state index in [2.05, 4.69) is 10.5 Å². The van der Waals surface area contributed by atoms with Gasteiger partial charge in [0.25, 0.3) is 5.91 Å². The van der Waals surface area contributed by atoms with Gasteiger partial charge in [-0.1, -0.05) is 5.16 Å². The number of aliphatic carboxylic acids is 1. The Hall–Kier alpha value is -1.89. The van der Waals surface area contributed by atoms with Gasteiger partial charge >= 0.3 is 5.97 Å². The Balaban J connectivity index is 1.98. The second-order valence-corrected chi connectivity index (χ2v) is 4.27. The molecule has 1 aromatic heterocycles. The fourth-order valence-electron chi connectivity index (χ4n) is 1.58. The molecular formula is C11H14N2O5. The van der Waals surface area contributed by atoms with Gasteiger partial charge in [-0.25, -0.2) is 4.79 Å². The average Bonchev–Trinajstić information content (AvgIpc) is 3.06. The molecule has 0 bridgehead atoms. The third-order valence-electron chi connectivity index (χ3n) is 2.76. The molecule has 0 saturated heterocycles. The third-order valence-corrected chi connectivity index (χ3v) is 2.76. The van der Waals surface area contributed by atoms with E-state index in [1.807, 2.05) is 0 Å². The van der Waals surface area contributed by atoms with Crippen molar-refractivity contribution in [3.8, 4) is 0 Å². The number of aromatic nitrogens is 1. The molecule has 1 amide bonds. The first-order chi connectivity index (χ1) is 8.61. The van der Waals surface area contributed by atoms with E-state index in [1.165, 1.54) is 6.07 Å². The Morgan fingerprint density at radius 3 is 2.83 bits per heavy atom. The molecule has 7 nitrogen and oxygen atoms in total. The first-order valence-corrected chi connectivity index (χ1v) is 5.73. The van der Waals surface area contributed by atoms with Crippen LogP contribution in [0.5, 0.6) is 0 Å². The van der Waals surface area contributed by atoms with Crippen molar-refractivity contribution in [3.63, 3.8) is 0 Å². The number of nitrogens with one attached hydrogen (secondary N) is 1. The number of amides is 1. The fraction of sp³-hybridized carbons (Fsp3) is 0.545. The monoisotopic (exact) mass is 254 g/mol. The molecule has 1 aliphatic rings. The highest BCUT2D eigenvalue weighted by Gasteiger charge is 2.29. The molecule has 1 atom stereocenters. The second kappa shape index (κ2) is 5.18. The van der Waals surface area contributed by atoms with E-state index in [0.717, 1.165) is 12.8 Å². The van der Waals surface area contributed by atoms with Crippen LogP contribution in [-0.4, -0.2) is 39.9 Å². The van der Waals surface area contributed by atoms with Gasteiger partial charge in [0.2, 0.25) is 0 Å². The summed E-state index contributed by atoms with van der Waals surface area (Å²) in [7, 11) is 0. The number of hydrogen-bond donors (Lipinski definition) is 3. The van der Waals surface area contributed by atoms with Crippen LogP contribution in [0, 0.1) is 0 Å². The van der Waals surface area contributed by atoms with Gasteiger partial charge in [-0.15, -0.1) is 0 Å². The highest BCUT2D eigenvalue weighted by molar-refractivity contribution is 5.94. The van der Waals surface area contributed by atoms with E-state index in [0.29, 0.717) is 11.7 Å². The minimum atomic E-state index is -1.19. The molecule has 1 heterocycles. The molecule has 2 rings (SSSR count). The predicted molar refractivity (Wildman–Crippen MR) is 59.1 cm³/mol. The van der Waals surface area contributed by atoms with E-state index < -0.39 is 17.9 Å². The molecule has 0 unspecified atom stereocenters. The summed E-state index contributed by atoms with van der Waals surface area (Å²) < 4.78 is 5.00. The molecule has 0 aliphatic heterocycles. The molecule has 3 N–H and O–H groups in total. The summed E-state index contributed by atoms with van der Waals surface area (Å²) in [6.45, 7) is -0.316.